The fourth-order valence-electron chi connectivity index (χ4n) is 2.87. The van der Waals surface area contributed by atoms with Crippen LogP contribution in [0.2, 0.25) is 0 Å². The number of rotatable bonds is 3. The molecule has 0 saturated heterocycles. The van der Waals surface area contributed by atoms with Gasteiger partial charge in [-0.2, -0.15) is 0 Å². The van der Waals surface area contributed by atoms with Gasteiger partial charge in [0.2, 0.25) is 0 Å². The van der Waals surface area contributed by atoms with Crippen molar-refractivity contribution in [1.29, 1.82) is 0 Å². The van der Waals surface area contributed by atoms with Crippen molar-refractivity contribution >= 4 is 17.4 Å². The summed E-state index contributed by atoms with van der Waals surface area (Å²) in [7, 11) is 0. The quantitative estimate of drug-likeness (QED) is 0.538. The van der Waals surface area contributed by atoms with Gasteiger partial charge >= 0.3 is 19.8 Å². The normalized spacial score (nSPS) is 12.7. The minimum atomic E-state index is -0.148. The van der Waals surface area contributed by atoms with Gasteiger partial charge in [0.15, 0.2) is 0 Å². The first kappa shape index (κ1) is 18.2. The van der Waals surface area contributed by atoms with Gasteiger partial charge in [0.1, 0.15) is 5.82 Å². The van der Waals surface area contributed by atoms with E-state index in [4.69, 9.17) is 0 Å². The average Bonchev–Trinajstić information content (AvgIpc) is 2.68. The van der Waals surface area contributed by atoms with Gasteiger partial charge < -0.3 is 20.2 Å². The molecule has 0 unspecified atom stereocenters. The molecule has 3 aromatic rings. The van der Waals surface area contributed by atoms with Crippen LogP contribution in [0.4, 0.5) is 11.5 Å². The van der Waals surface area contributed by atoms with Crippen LogP contribution in [0.1, 0.15) is 21.6 Å². The Hall–Kier alpha value is -2.64. The summed E-state index contributed by atoms with van der Waals surface area (Å²) in [6.45, 7) is 1.48. The minimum absolute atomic E-state index is 0. The predicted molar refractivity (Wildman–Crippen MR) is 94.3 cm³/mol. The number of anilines is 2. The van der Waals surface area contributed by atoms with Crippen LogP contribution >= 0.6 is 0 Å². The summed E-state index contributed by atoms with van der Waals surface area (Å²) in [6, 6.07) is 12.9. The molecule has 7 heteroatoms. The Balaban J connectivity index is 0.00000196. The van der Waals surface area contributed by atoms with E-state index in [1.54, 1.807) is 18.5 Å². The maximum atomic E-state index is 12.5. The van der Waals surface area contributed by atoms with Crippen LogP contribution in [0.25, 0.3) is 0 Å². The Morgan fingerprint density at radius 2 is 2.04 bits per heavy atom. The molecule has 0 saturated carbocycles. The van der Waals surface area contributed by atoms with E-state index >= 15 is 0 Å². The second-order valence-corrected chi connectivity index (χ2v) is 5.84. The molecular weight excluding hydrogens is 504 g/mol. The van der Waals surface area contributed by atoms with Crippen molar-refractivity contribution < 1.29 is 24.6 Å². The molecular formula is C19H16N5OOs. The molecule has 1 N–H and O–H groups in total. The number of carbonyl (C=O) groups excluding carboxylic acids is 1. The Labute approximate surface area is 164 Å². The van der Waals surface area contributed by atoms with Crippen molar-refractivity contribution in [2.45, 2.75) is 13.0 Å². The van der Waals surface area contributed by atoms with Crippen LogP contribution in [-0.2, 0) is 32.8 Å². The van der Waals surface area contributed by atoms with Gasteiger partial charge in [-0.25, -0.2) is 4.98 Å². The summed E-state index contributed by atoms with van der Waals surface area (Å²) in [5.74, 6) is 0.629. The Bertz CT molecular complexity index is 903. The van der Waals surface area contributed by atoms with Gasteiger partial charge in [0.25, 0.3) is 5.91 Å². The first-order valence-corrected chi connectivity index (χ1v) is 8.08. The van der Waals surface area contributed by atoms with Crippen LogP contribution in [0.15, 0.2) is 54.9 Å². The average molecular weight is 521 g/mol. The zero-order valence-corrected chi connectivity index (χ0v) is 16.4. The number of hydrogen-bond acceptors (Lipinski definition) is 5. The number of amides is 1. The molecule has 3 heterocycles. The molecule has 1 aliphatic heterocycles. The van der Waals surface area contributed by atoms with Crippen molar-refractivity contribution in [2.75, 3.05) is 16.8 Å². The summed E-state index contributed by atoms with van der Waals surface area (Å²) in [4.78, 5) is 27.2. The van der Waals surface area contributed by atoms with E-state index in [0.29, 0.717) is 12.1 Å². The number of hydrogen-bond donors (Lipinski definition) is 1. The number of nitrogens with one attached hydrogen (secondary N) is 1. The zero-order valence-electron chi connectivity index (χ0n) is 13.9. The molecule has 1 amide bonds. The number of fused-ring (bicyclic) bond motifs is 1. The number of pyridine rings is 1. The van der Waals surface area contributed by atoms with Crippen LogP contribution < -0.4 is 10.2 Å². The third-order valence-electron chi connectivity index (χ3n) is 4.18. The first-order valence-electron chi connectivity index (χ1n) is 8.08. The Morgan fingerprint density at radius 3 is 2.88 bits per heavy atom. The molecule has 6 nitrogen and oxygen atoms in total. The van der Waals surface area contributed by atoms with E-state index in [1.165, 1.54) is 0 Å². The van der Waals surface area contributed by atoms with E-state index in [2.05, 4.69) is 31.5 Å². The van der Waals surface area contributed by atoms with E-state index < -0.39 is 0 Å². The van der Waals surface area contributed by atoms with Gasteiger partial charge in [-0.05, 0) is 30.7 Å². The van der Waals surface area contributed by atoms with Crippen LogP contribution in [0.5, 0.6) is 0 Å². The topological polar surface area (TPSA) is 71.0 Å². The molecule has 0 fully saturated rings. The standard InChI is InChI=1S/C19H16N5O.Os/c25-19(23-16-4-2-1-3-5-16)14-6-8-21-18(10-14)24-9-7-17-15(12-24)11-20-13-22-17;/h1-6,8,10-11H,7,9,12H2,(H,23,25);/q-1;+1. The Morgan fingerprint density at radius 1 is 1.19 bits per heavy atom. The van der Waals surface area contributed by atoms with Crippen molar-refractivity contribution in [3.8, 4) is 0 Å². The minimum Gasteiger partial charge on any atom is -0.374 e. The summed E-state index contributed by atoms with van der Waals surface area (Å²) in [5.41, 5.74) is 3.46. The van der Waals surface area contributed by atoms with Gasteiger partial charge in [-0.3, -0.25) is 4.79 Å². The second-order valence-electron chi connectivity index (χ2n) is 5.84. The number of para-hydroxylation sites is 1. The first-order chi connectivity index (χ1) is 12.3. The van der Waals surface area contributed by atoms with Crippen molar-refractivity contribution in [1.82, 2.24) is 15.0 Å². The smallest absolute Gasteiger partial charge is 0.374 e. The van der Waals surface area contributed by atoms with Gasteiger partial charge in [0, 0.05) is 36.9 Å². The molecule has 1 aromatic carbocycles. The molecule has 131 valence electrons. The maximum Gasteiger partial charge on any atom is 1.00 e. The molecule has 0 atom stereocenters. The van der Waals surface area contributed by atoms with Gasteiger partial charge in [-0.15, -0.1) is 5.56 Å². The van der Waals surface area contributed by atoms with Crippen molar-refractivity contribution in [3.63, 3.8) is 0 Å². The van der Waals surface area contributed by atoms with E-state index in [0.717, 1.165) is 35.7 Å². The second kappa shape index (κ2) is 8.16. The summed E-state index contributed by atoms with van der Waals surface area (Å²) in [5, 5.41) is 2.89. The fraction of sp³-hybridized carbons (Fsp3) is 0.158. The summed E-state index contributed by atoms with van der Waals surface area (Å²) in [6.07, 6.45) is 6.91. The van der Waals surface area contributed by atoms with Crippen molar-refractivity contribution in [3.05, 3.63) is 78.0 Å². The Kier molecular flexibility index (Phi) is 5.70. The molecule has 1 radical (unpaired) electrons. The number of aromatic nitrogens is 3. The SMILES string of the molecule is O=C(Nc1ccccc1)c1ccnc(N2CCc3n[c-]ncc3C2)c1.[Os+]. The maximum absolute atomic E-state index is 12.5. The van der Waals surface area contributed by atoms with E-state index in [-0.39, 0.29) is 25.7 Å². The van der Waals surface area contributed by atoms with Gasteiger partial charge in [0.05, 0.1) is 0 Å². The zero-order chi connectivity index (χ0) is 17.1. The fourth-order valence-corrected chi connectivity index (χ4v) is 2.87. The van der Waals surface area contributed by atoms with E-state index in [1.807, 2.05) is 36.4 Å². The third kappa shape index (κ3) is 3.95. The van der Waals surface area contributed by atoms with Gasteiger partial charge in [-0.1, -0.05) is 30.1 Å². The molecule has 0 spiro atoms. The molecule has 4 rings (SSSR count). The third-order valence-corrected chi connectivity index (χ3v) is 4.18. The molecule has 1 aliphatic rings. The molecule has 2 aromatic heterocycles. The molecule has 26 heavy (non-hydrogen) atoms. The van der Waals surface area contributed by atoms with Crippen LogP contribution in [-0.4, -0.2) is 27.4 Å². The van der Waals surface area contributed by atoms with Crippen LogP contribution in [0, 0.1) is 6.33 Å². The van der Waals surface area contributed by atoms with Crippen molar-refractivity contribution in [2.24, 2.45) is 0 Å². The molecule has 0 bridgehead atoms. The number of benzene rings is 1. The van der Waals surface area contributed by atoms with Crippen LogP contribution in [0.3, 0.4) is 0 Å². The summed E-state index contributed by atoms with van der Waals surface area (Å²) < 4.78 is 0. The van der Waals surface area contributed by atoms with E-state index in [9.17, 15) is 4.79 Å². The monoisotopic (exact) mass is 522 g/mol. The summed E-state index contributed by atoms with van der Waals surface area (Å²) >= 11 is 0. The molecule has 0 aliphatic carbocycles. The number of nitrogens with zero attached hydrogens (tertiary/aromatic N) is 4. The number of carbonyl (C=O) groups is 1. The largest absolute Gasteiger partial charge is 1.00 e. The predicted octanol–water partition coefficient (Wildman–Crippen LogP) is 2.48.